The van der Waals surface area contributed by atoms with Gasteiger partial charge in [0.15, 0.2) is 0 Å². The van der Waals surface area contributed by atoms with Crippen LogP contribution in [0, 0.1) is 24.2 Å². The quantitative estimate of drug-likeness (QED) is 0.749. The van der Waals surface area contributed by atoms with E-state index in [0.717, 1.165) is 23.7 Å². The number of nitriles is 1. The van der Waals surface area contributed by atoms with Crippen molar-refractivity contribution in [3.8, 4) is 6.07 Å². The molecule has 2 nitrogen and oxygen atoms in total. The Balaban J connectivity index is 1.93. The fraction of sp³-hybridized carbons (Fsp3) is 0.562. The molecule has 1 aliphatic heterocycles. The molecule has 2 unspecified atom stereocenters. The first-order valence-corrected chi connectivity index (χ1v) is 7.07. The topological polar surface area (TPSA) is 27.0 Å². The van der Waals surface area contributed by atoms with E-state index in [1.165, 1.54) is 37.7 Å². The first kappa shape index (κ1) is 11.6. The smallest absolute Gasteiger partial charge is 0.101 e. The molecular formula is C16H20N2. The second-order valence-electron chi connectivity index (χ2n) is 5.73. The Morgan fingerprint density at radius 3 is 2.89 bits per heavy atom. The van der Waals surface area contributed by atoms with Crippen LogP contribution in [0.15, 0.2) is 18.2 Å². The summed E-state index contributed by atoms with van der Waals surface area (Å²) in [7, 11) is 0. The SMILES string of the molecule is Cc1ccc(N2CCC3CCCCC32)c(C#N)c1. The van der Waals surface area contributed by atoms with Gasteiger partial charge in [-0.05, 0) is 49.8 Å². The monoisotopic (exact) mass is 240 g/mol. The molecule has 2 fully saturated rings. The summed E-state index contributed by atoms with van der Waals surface area (Å²) in [5.74, 6) is 0.867. The van der Waals surface area contributed by atoms with Gasteiger partial charge in [0.1, 0.15) is 6.07 Å². The van der Waals surface area contributed by atoms with E-state index in [0.29, 0.717) is 6.04 Å². The minimum atomic E-state index is 0.688. The Bertz CT molecular complexity index is 486. The highest BCUT2D eigenvalue weighted by atomic mass is 15.2. The molecule has 0 radical (unpaired) electrons. The summed E-state index contributed by atoms with van der Waals surface area (Å²) in [4.78, 5) is 2.50. The summed E-state index contributed by atoms with van der Waals surface area (Å²) < 4.78 is 0. The number of aryl methyl sites for hydroxylation is 1. The zero-order valence-electron chi connectivity index (χ0n) is 11.0. The molecule has 0 bridgehead atoms. The van der Waals surface area contributed by atoms with E-state index >= 15 is 0 Å². The van der Waals surface area contributed by atoms with Crippen molar-refractivity contribution in [2.75, 3.05) is 11.4 Å². The van der Waals surface area contributed by atoms with Crippen LogP contribution in [-0.2, 0) is 0 Å². The summed E-state index contributed by atoms with van der Waals surface area (Å²) in [5, 5.41) is 9.32. The molecule has 0 amide bonds. The van der Waals surface area contributed by atoms with Crippen molar-refractivity contribution in [1.82, 2.24) is 0 Å². The maximum atomic E-state index is 9.32. The van der Waals surface area contributed by atoms with Gasteiger partial charge in [-0.15, -0.1) is 0 Å². The zero-order valence-corrected chi connectivity index (χ0v) is 11.0. The molecule has 0 spiro atoms. The van der Waals surface area contributed by atoms with Gasteiger partial charge >= 0.3 is 0 Å². The third kappa shape index (κ3) is 1.88. The number of benzene rings is 1. The Morgan fingerprint density at radius 2 is 2.06 bits per heavy atom. The van der Waals surface area contributed by atoms with Crippen LogP contribution in [0.1, 0.15) is 43.2 Å². The number of fused-ring (bicyclic) bond motifs is 1. The number of hydrogen-bond acceptors (Lipinski definition) is 2. The summed E-state index contributed by atoms with van der Waals surface area (Å²) in [6, 6.07) is 9.35. The molecular weight excluding hydrogens is 220 g/mol. The predicted molar refractivity (Wildman–Crippen MR) is 73.6 cm³/mol. The fourth-order valence-corrected chi connectivity index (χ4v) is 3.69. The molecule has 1 aromatic rings. The van der Waals surface area contributed by atoms with E-state index in [1.807, 2.05) is 6.07 Å². The van der Waals surface area contributed by atoms with Crippen molar-refractivity contribution < 1.29 is 0 Å². The van der Waals surface area contributed by atoms with Gasteiger partial charge in [0.25, 0.3) is 0 Å². The van der Waals surface area contributed by atoms with Gasteiger partial charge in [0, 0.05) is 12.6 Å². The third-order valence-electron chi connectivity index (χ3n) is 4.59. The van der Waals surface area contributed by atoms with Gasteiger partial charge in [0.05, 0.1) is 11.3 Å². The summed E-state index contributed by atoms with van der Waals surface area (Å²) in [6.07, 6.45) is 6.75. The van der Waals surface area contributed by atoms with E-state index in [1.54, 1.807) is 0 Å². The first-order valence-electron chi connectivity index (χ1n) is 7.07. The van der Waals surface area contributed by atoms with Crippen molar-refractivity contribution in [3.63, 3.8) is 0 Å². The largest absolute Gasteiger partial charge is 0.367 e. The van der Waals surface area contributed by atoms with E-state index in [4.69, 9.17) is 0 Å². The molecule has 0 N–H and O–H groups in total. The second kappa shape index (κ2) is 4.65. The van der Waals surface area contributed by atoms with Crippen molar-refractivity contribution in [3.05, 3.63) is 29.3 Å². The van der Waals surface area contributed by atoms with Gasteiger partial charge in [-0.25, -0.2) is 0 Å². The molecule has 2 atom stereocenters. The molecule has 1 saturated heterocycles. The third-order valence-corrected chi connectivity index (χ3v) is 4.59. The van der Waals surface area contributed by atoms with Crippen LogP contribution in [0.4, 0.5) is 5.69 Å². The van der Waals surface area contributed by atoms with Crippen LogP contribution >= 0.6 is 0 Å². The van der Waals surface area contributed by atoms with Crippen LogP contribution in [0.25, 0.3) is 0 Å². The second-order valence-corrected chi connectivity index (χ2v) is 5.73. The van der Waals surface area contributed by atoms with E-state index in [9.17, 15) is 5.26 Å². The molecule has 1 heterocycles. The lowest BCUT2D eigenvalue weighted by molar-refractivity contribution is 0.342. The minimum absolute atomic E-state index is 0.688. The summed E-state index contributed by atoms with van der Waals surface area (Å²) in [6.45, 7) is 3.19. The average Bonchev–Trinajstić information content (AvgIpc) is 2.82. The fourth-order valence-electron chi connectivity index (χ4n) is 3.69. The van der Waals surface area contributed by atoms with Crippen molar-refractivity contribution >= 4 is 5.69 Å². The molecule has 94 valence electrons. The van der Waals surface area contributed by atoms with Crippen molar-refractivity contribution in [1.29, 1.82) is 5.26 Å². The highest BCUT2D eigenvalue weighted by molar-refractivity contribution is 5.61. The lowest BCUT2D eigenvalue weighted by atomic mass is 9.85. The normalized spacial score (nSPS) is 26.8. The number of rotatable bonds is 1. The maximum Gasteiger partial charge on any atom is 0.101 e. The van der Waals surface area contributed by atoms with Crippen LogP contribution in [0.5, 0.6) is 0 Å². The van der Waals surface area contributed by atoms with E-state index < -0.39 is 0 Å². The highest BCUT2D eigenvalue weighted by Gasteiger charge is 2.36. The summed E-state index contributed by atoms with van der Waals surface area (Å²) in [5.41, 5.74) is 3.19. The summed E-state index contributed by atoms with van der Waals surface area (Å²) >= 11 is 0. The lowest BCUT2D eigenvalue weighted by Crippen LogP contribution is -2.35. The molecule has 0 aromatic heterocycles. The van der Waals surface area contributed by atoms with Crippen LogP contribution in [-0.4, -0.2) is 12.6 Å². The van der Waals surface area contributed by atoms with E-state index in [-0.39, 0.29) is 0 Å². The highest BCUT2D eigenvalue weighted by Crippen LogP contribution is 2.39. The Morgan fingerprint density at radius 1 is 1.22 bits per heavy atom. The van der Waals surface area contributed by atoms with Crippen molar-refractivity contribution in [2.45, 2.75) is 45.1 Å². The van der Waals surface area contributed by atoms with Crippen LogP contribution < -0.4 is 4.90 Å². The molecule has 2 heteroatoms. The van der Waals surface area contributed by atoms with Gasteiger partial charge in [-0.2, -0.15) is 5.26 Å². The molecule has 18 heavy (non-hydrogen) atoms. The van der Waals surface area contributed by atoms with Crippen molar-refractivity contribution in [2.24, 2.45) is 5.92 Å². The standard InChI is InChI=1S/C16H20N2/c1-12-6-7-16(14(10-12)11-17)18-9-8-13-4-2-3-5-15(13)18/h6-7,10,13,15H,2-5,8-9H2,1H3. The lowest BCUT2D eigenvalue weighted by Gasteiger charge is -2.33. The Hall–Kier alpha value is -1.49. The zero-order chi connectivity index (χ0) is 12.5. The molecule has 1 aromatic carbocycles. The predicted octanol–water partition coefficient (Wildman–Crippen LogP) is 3.64. The number of anilines is 1. The van der Waals surface area contributed by atoms with Gasteiger partial charge in [0.2, 0.25) is 0 Å². The number of hydrogen-bond donors (Lipinski definition) is 0. The molecule has 3 rings (SSSR count). The molecule has 2 aliphatic rings. The van der Waals surface area contributed by atoms with E-state index in [2.05, 4.69) is 30.0 Å². The van der Waals surface area contributed by atoms with Crippen LogP contribution in [0.2, 0.25) is 0 Å². The van der Waals surface area contributed by atoms with Gasteiger partial charge in [-0.3, -0.25) is 0 Å². The number of nitrogens with zero attached hydrogens (tertiary/aromatic N) is 2. The molecule has 1 saturated carbocycles. The van der Waals surface area contributed by atoms with Gasteiger partial charge < -0.3 is 4.90 Å². The van der Waals surface area contributed by atoms with Gasteiger partial charge in [-0.1, -0.05) is 18.9 Å². The van der Waals surface area contributed by atoms with Crippen LogP contribution in [0.3, 0.4) is 0 Å². The Labute approximate surface area is 109 Å². The molecule has 1 aliphatic carbocycles. The Kier molecular flexibility index (Phi) is 2.99. The first-order chi connectivity index (χ1) is 8.79. The average molecular weight is 240 g/mol. The minimum Gasteiger partial charge on any atom is -0.367 e. The maximum absolute atomic E-state index is 9.32.